The van der Waals surface area contributed by atoms with Crippen molar-refractivity contribution in [1.82, 2.24) is 0 Å². The van der Waals surface area contributed by atoms with Gasteiger partial charge in [-0.2, -0.15) is 0 Å². The van der Waals surface area contributed by atoms with Crippen molar-refractivity contribution in [3.63, 3.8) is 0 Å². The lowest BCUT2D eigenvalue weighted by molar-refractivity contribution is -0.151. The first-order valence-corrected chi connectivity index (χ1v) is 9.31. The van der Waals surface area contributed by atoms with Crippen LogP contribution in [0.1, 0.15) is 17.5 Å². The SMILES string of the molecule is Cc1ccc(C)c(N2C[C@@H](C(=O)OCC(=O)Nc3ccccc3Cl)CC2=O)c1. The first kappa shape index (κ1) is 19.9. The highest BCUT2D eigenvalue weighted by Crippen LogP contribution is 2.29. The molecule has 7 heteroatoms. The van der Waals surface area contributed by atoms with E-state index < -0.39 is 24.4 Å². The average Bonchev–Trinajstić information content (AvgIpc) is 3.05. The molecule has 0 aromatic heterocycles. The zero-order valence-corrected chi connectivity index (χ0v) is 16.5. The topological polar surface area (TPSA) is 75.7 Å². The van der Waals surface area contributed by atoms with E-state index in [4.69, 9.17) is 16.3 Å². The molecule has 1 aliphatic heterocycles. The molecule has 0 aliphatic carbocycles. The molecule has 1 saturated heterocycles. The maximum Gasteiger partial charge on any atom is 0.311 e. The highest BCUT2D eigenvalue weighted by Gasteiger charge is 2.36. The smallest absolute Gasteiger partial charge is 0.311 e. The third-order valence-electron chi connectivity index (χ3n) is 4.61. The molecule has 0 saturated carbocycles. The number of para-hydroxylation sites is 1. The Morgan fingerprint density at radius 2 is 1.96 bits per heavy atom. The number of amides is 2. The standard InChI is InChI=1S/C21H21ClN2O4/c1-13-7-8-14(2)18(9-13)24-11-15(10-20(24)26)21(27)28-12-19(25)23-17-6-4-3-5-16(17)22/h3-9,15H,10-12H2,1-2H3,(H,23,25)/t15-/m0/s1. The maximum atomic E-state index is 12.4. The maximum absolute atomic E-state index is 12.4. The second-order valence-electron chi connectivity index (χ2n) is 6.83. The molecule has 1 fully saturated rings. The summed E-state index contributed by atoms with van der Waals surface area (Å²) >= 11 is 5.98. The number of carbonyl (C=O) groups excluding carboxylic acids is 3. The van der Waals surface area contributed by atoms with Crippen LogP contribution in [0.25, 0.3) is 0 Å². The fraction of sp³-hybridized carbons (Fsp3) is 0.286. The van der Waals surface area contributed by atoms with Crippen molar-refractivity contribution in [3.05, 3.63) is 58.6 Å². The van der Waals surface area contributed by atoms with E-state index in [1.165, 1.54) is 0 Å². The number of hydrogen-bond acceptors (Lipinski definition) is 4. The van der Waals surface area contributed by atoms with E-state index in [9.17, 15) is 14.4 Å². The zero-order chi connectivity index (χ0) is 20.3. The number of benzene rings is 2. The number of aryl methyl sites for hydroxylation is 2. The van der Waals surface area contributed by atoms with Crippen LogP contribution >= 0.6 is 11.6 Å². The number of nitrogens with one attached hydrogen (secondary N) is 1. The van der Waals surface area contributed by atoms with Crippen LogP contribution in [0.4, 0.5) is 11.4 Å². The van der Waals surface area contributed by atoms with Crippen molar-refractivity contribution in [2.75, 3.05) is 23.4 Å². The van der Waals surface area contributed by atoms with Crippen molar-refractivity contribution in [3.8, 4) is 0 Å². The van der Waals surface area contributed by atoms with Gasteiger partial charge in [-0.05, 0) is 43.2 Å². The summed E-state index contributed by atoms with van der Waals surface area (Å²) in [4.78, 5) is 38.3. The van der Waals surface area contributed by atoms with Gasteiger partial charge in [0.05, 0.1) is 16.6 Å². The van der Waals surface area contributed by atoms with Gasteiger partial charge in [0, 0.05) is 18.7 Å². The Labute approximate surface area is 168 Å². The molecule has 1 atom stereocenters. The molecular formula is C21H21ClN2O4. The van der Waals surface area contributed by atoms with E-state index in [0.717, 1.165) is 16.8 Å². The quantitative estimate of drug-likeness (QED) is 0.779. The van der Waals surface area contributed by atoms with Gasteiger partial charge in [0.15, 0.2) is 6.61 Å². The number of rotatable bonds is 5. The van der Waals surface area contributed by atoms with Gasteiger partial charge in [0.25, 0.3) is 5.91 Å². The summed E-state index contributed by atoms with van der Waals surface area (Å²) in [6.45, 7) is 3.69. The van der Waals surface area contributed by atoms with Gasteiger partial charge in [0.2, 0.25) is 5.91 Å². The van der Waals surface area contributed by atoms with Crippen LogP contribution in [0.2, 0.25) is 5.02 Å². The average molecular weight is 401 g/mol. The van der Waals surface area contributed by atoms with E-state index in [1.54, 1.807) is 29.2 Å². The van der Waals surface area contributed by atoms with E-state index in [2.05, 4.69) is 5.32 Å². The summed E-state index contributed by atoms with van der Waals surface area (Å²) in [5.74, 6) is -1.77. The number of nitrogens with zero attached hydrogens (tertiary/aromatic N) is 1. The van der Waals surface area contributed by atoms with Crippen molar-refractivity contribution in [2.24, 2.45) is 5.92 Å². The van der Waals surface area contributed by atoms with Gasteiger partial charge >= 0.3 is 5.97 Å². The molecule has 0 radical (unpaired) electrons. The number of hydrogen-bond donors (Lipinski definition) is 1. The van der Waals surface area contributed by atoms with Crippen molar-refractivity contribution in [1.29, 1.82) is 0 Å². The van der Waals surface area contributed by atoms with Crippen molar-refractivity contribution >= 4 is 40.8 Å². The monoisotopic (exact) mass is 400 g/mol. The van der Waals surface area contributed by atoms with Gasteiger partial charge in [-0.25, -0.2) is 0 Å². The van der Waals surface area contributed by atoms with Gasteiger partial charge in [-0.15, -0.1) is 0 Å². The minimum atomic E-state index is -0.597. The number of carbonyl (C=O) groups is 3. The molecule has 2 amide bonds. The summed E-state index contributed by atoms with van der Waals surface area (Å²) in [6.07, 6.45) is 0.0678. The highest BCUT2D eigenvalue weighted by molar-refractivity contribution is 6.33. The lowest BCUT2D eigenvalue weighted by atomic mass is 10.1. The van der Waals surface area contributed by atoms with Crippen molar-refractivity contribution < 1.29 is 19.1 Å². The number of halogens is 1. The fourth-order valence-corrected chi connectivity index (χ4v) is 3.29. The lowest BCUT2D eigenvalue weighted by Crippen LogP contribution is -2.28. The molecule has 28 heavy (non-hydrogen) atoms. The van der Waals surface area contributed by atoms with Crippen LogP contribution in [-0.2, 0) is 19.1 Å². The lowest BCUT2D eigenvalue weighted by Gasteiger charge is -2.19. The minimum Gasteiger partial charge on any atom is -0.455 e. The summed E-state index contributed by atoms with van der Waals surface area (Å²) < 4.78 is 5.11. The van der Waals surface area contributed by atoms with Crippen LogP contribution in [0.5, 0.6) is 0 Å². The largest absolute Gasteiger partial charge is 0.455 e. The molecule has 0 spiro atoms. The molecule has 3 rings (SSSR count). The molecule has 1 N–H and O–H groups in total. The first-order chi connectivity index (χ1) is 13.3. The number of ether oxygens (including phenoxy) is 1. The molecule has 0 unspecified atom stereocenters. The molecule has 2 aromatic rings. The Bertz CT molecular complexity index is 928. The third kappa shape index (κ3) is 4.51. The van der Waals surface area contributed by atoms with E-state index in [-0.39, 0.29) is 18.9 Å². The van der Waals surface area contributed by atoms with Crippen LogP contribution < -0.4 is 10.2 Å². The minimum absolute atomic E-state index is 0.0678. The van der Waals surface area contributed by atoms with Gasteiger partial charge in [0.1, 0.15) is 0 Å². The molecule has 1 aliphatic rings. The normalized spacial score (nSPS) is 16.2. The van der Waals surface area contributed by atoms with Gasteiger partial charge < -0.3 is 15.0 Å². The summed E-state index contributed by atoms with van der Waals surface area (Å²) in [5.41, 5.74) is 3.25. The van der Waals surface area contributed by atoms with Crippen LogP contribution in [0, 0.1) is 19.8 Å². The van der Waals surface area contributed by atoms with E-state index in [1.807, 2.05) is 32.0 Å². The van der Waals surface area contributed by atoms with Crippen molar-refractivity contribution in [2.45, 2.75) is 20.3 Å². The highest BCUT2D eigenvalue weighted by atomic mass is 35.5. The Morgan fingerprint density at radius 3 is 2.71 bits per heavy atom. The predicted octanol–water partition coefficient (Wildman–Crippen LogP) is 3.49. The molecule has 146 valence electrons. The Morgan fingerprint density at radius 1 is 1.21 bits per heavy atom. The third-order valence-corrected chi connectivity index (χ3v) is 4.94. The Balaban J connectivity index is 1.57. The number of esters is 1. The molecule has 2 aromatic carbocycles. The van der Waals surface area contributed by atoms with E-state index >= 15 is 0 Å². The second kappa shape index (κ2) is 8.44. The van der Waals surface area contributed by atoms with Gasteiger partial charge in [-0.1, -0.05) is 35.9 Å². The van der Waals surface area contributed by atoms with Crippen LogP contribution in [0.3, 0.4) is 0 Å². The predicted molar refractivity (Wildman–Crippen MR) is 107 cm³/mol. The molecular weight excluding hydrogens is 380 g/mol. The van der Waals surface area contributed by atoms with Gasteiger partial charge in [-0.3, -0.25) is 14.4 Å². The fourth-order valence-electron chi connectivity index (χ4n) is 3.11. The summed E-state index contributed by atoms with van der Waals surface area (Å²) in [5, 5.41) is 2.98. The van der Waals surface area contributed by atoms with E-state index in [0.29, 0.717) is 10.7 Å². The summed E-state index contributed by atoms with van der Waals surface area (Å²) in [6, 6.07) is 12.6. The van der Waals surface area contributed by atoms with Crippen LogP contribution in [-0.4, -0.2) is 30.9 Å². The summed E-state index contributed by atoms with van der Waals surface area (Å²) in [7, 11) is 0. The Kier molecular flexibility index (Phi) is 5.99. The second-order valence-corrected chi connectivity index (χ2v) is 7.24. The molecule has 1 heterocycles. The zero-order valence-electron chi connectivity index (χ0n) is 15.7. The first-order valence-electron chi connectivity index (χ1n) is 8.94. The molecule has 6 nitrogen and oxygen atoms in total. The molecule has 0 bridgehead atoms. The Hall–Kier alpha value is -2.86. The number of anilines is 2. The van der Waals surface area contributed by atoms with Crippen LogP contribution in [0.15, 0.2) is 42.5 Å².